The number of halogens is 2. The summed E-state index contributed by atoms with van der Waals surface area (Å²) in [5, 5.41) is 0. The van der Waals surface area contributed by atoms with Crippen molar-refractivity contribution in [1.82, 2.24) is 0 Å². The molecule has 2 aromatic rings. The number of hydrogen-bond donors (Lipinski definition) is 0. The molecular formula is C18H20I2S. The molecule has 0 N–H and O–H groups in total. The fraction of sp³-hybridized carbons (Fsp3) is 0.333. The molecule has 0 saturated heterocycles. The summed E-state index contributed by atoms with van der Waals surface area (Å²) in [6.07, 6.45) is 0. The number of benzene rings is 2. The molecule has 0 aliphatic heterocycles. The lowest BCUT2D eigenvalue weighted by atomic mass is 10.0. The topological polar surface area (TPSA) is 0 Å². The summed E-state index contributed by atoms with van der Waals surface area (Å²) in [4.78, 5) is 2.66. The average Bonchev–Trinajstić information content (AvgIpc) is 2.42. The molecule has 0 amide bonds. The van der Waals surface area contributed by atoms with Gasteiger partial charge in [-0.05, 0) is 105 Å². The van der Waals surface area contributed by atoms with Gasteiger partial charge in [0.15, 0.2) is 0 Å². The maximum Gasteiger partial charge on any atom is 0.0165 e. The molecule has 0 heterocycles. The van der Waals surface area contributed by atoms with Crippen LogP contribution in [0.15, 0.2) is 46.2 Å². The van der Waals surface area contributed by atoms with Gasteiger partial charge in [0, 0.05) is 16.9 Å². The Labute approximate surface area is 159 Å². The van der Waals surface area contributed by atoms with E-state index in [-0.39, 0.29) is 0 Å². The Morgan fingerprint density at radius 1 is 0.714 bits per heavy atom. The van der Waals surface area contributed by atoms with E-state index in [1.165, 1.54) is 28.1 Å². The lowest BCUT2D eigenvalue weighted by molar-refractivity contribution is 0.854. The molecular weight excluding hydrogens is 502 g/mol. The zero-order valence-corrected chi connectivity index (χ0v) is 17.9. The van der Waals surface area contributed by atoms with Crippen molar-refractivity contribution in [3.63, 3.8) is 0 Å². The minimum absolute atomic E-state index is 0.570. The normalized spacial score (nSPS) is 11.4. The standard InChI is InChI=1S/C18H20I2S/c1-11(2)15-9-13(5-7-17(15)19)21-14-6-8-18(20)16(10-14)12(3)4/h5-12H,1-4H3. The van der Waals surface area contributed by atoms with E-state index in [1.807, 2.05) is 11.8 Å². The number of hydrogen-bond acceptors (Lipinski definition) is 1. The molecule has 0 bridgehead atoms. The quantitative estimate of drug-likeness (QED) is 0.380. The second-order valence-electron chi connectivity index (χ2n) is 5.78. The van der Waals surface area contributed by atoms with Gasteiger partial charge in [-0.1, -0.05) is 39.5 Å². The van der Waals surface area contributed by atoms with E-state index in [1.54, 1.807) is 0 Å². The van der Waals surface area contributed by atoms with Gasteiger partial charge in [-0.3, -0.25) is 0 Å². The van der Waals surface area contributed by atoms with E-state index in [0.717, 1.165) is 0 Å². The van der Waals surface area contributed by atoms with E-state index in [0.29, 0.717) is 11.8 Å². The van der Waals surface area contributed by atoms with Gasteiger partial charge in [0.25, 0.3) is 0 Å². The van der Waals surface area contributed by atoms with Crippen LogP contribution in [0.25, 0.3) is 0 Å². The van der Waals surface area contributed by atoms with Crippen molar-refractivity contribution >= 4 is 56.9 Å². The van der Waals surface area contributed by atoms with Gasteiger partial charge in [-0.25, -0.2) is 0 Å². The molecule has 0 atom stereocenters. The van der Waals surface area contributed by atoms with Crippen LogP contribution in [-0.2, 0) is 0 Å². The Kier molecular flexibility index (Phi) is 6.44. The van der Waals surface area contributed by atoms with Crippen molar-refractivity contribution in [2.75, 3.05) is 0 Å². The van der Waals surface area contributed by atoms with Gasteiger partial charge >= 0.3 is 0 Å². The van der Waals surface area contributed by atoms with Gasteiger partial charge in [-0.2, -0.15) is 0 Å². The number of rotatable bonds is 4. The minimum atomic E-state index is 0.570. The lowest BCUT2D eigenvalue weighted by Gasteiger charge is -2.13. The fourth-order valence-corrected chi connectivity index (χ4v) is 5.02. The third kappa shape index (κ3) is 4.61. The van der Waals surface area contributed by atoms with Gasteiger partial charge in [0.05, 0.1) is 0 Å². The Morgan fingerprint density at radius 3 is 1.43 bits per heavy atom. The van der Waals surface area contributed by atoms with E-state index >= 15 is 0 Å². The molecule has 0 radical (unpaired) electrons. The van der Waals surface area contributed by atoms with E-state index in [2.05, 4.69) is 109 Å². The van der Waals surface area contributed by atoms with Crippen LogP contribution in [-0.4, -0.2) is 0 Å². The zero-order valence-electron chi connectivity index (χ0n) is 12.8. The Balaban J connectivity index is 2.30. The molecule has 2 aromatic carbocycles. The van der Waals surface area contributed by atoms with Crippen LogP contribution in [0.1, 0.15) is 50.7 Å². The van der Waals surface area contributed by atoms with E-state index < -0.39 is 0 Å². The van der Waals surface area contributed by atoms with Crippen LogP contribution in [0.2, 0.25) is 0 Å². The molecule has 0 aliphatic rings. The Morgan fingerprint density at radius 2 is 1.10 bits per heavy atom. The highest BCUT2D eigenvalue weighted by atomic mass is 127. The third-order valence-electron chi connectivity index (χ3n) is 3.41. The second-order valence-corrected chi connectivity index (χ2v) is 9.25. The van der Waals surface area contributed by atoms with Crippen LogP contribution < -0.4 is 0 Å². The van der Waals surface area contributed by atoms with Crippen molar-refractivity contribution in [2.45, 2.75) is 49.3 Å². The summed E-state index contributed by atoms with van der Waals surface area (Å²) in [7, 11) is 0. The highest BCUT2D eigenvalue weighted by Crippen LogP contribution is 2.34. The molecule has 21 heavy (non-hydrogen) atoms. The first kappa shape index (κ1) is 17.6. The maximum absolute atomic E-state index is 2.43. The van der Waals surface area contributed by atoms with Crippen LogP contribution in [0.3, 0.4) is 0 Å². The highest BCUT2D eigenvalue weighted by molar-refractivity contribution is 14.1. The largest absolute Gasteiger partial charge is 0.0901 e. The van der Waals surface area contributed by atoms with E-state index in [9.17, 15) is 0 Å². The van der Waals surface area contributed by atoms with Crippen molar-refractivity contribution in [3.8, 4) is 0 Å². The fourth-order valence-electron chi connectivity index (χ4n) is 2.19. The van der Waals surface area contributed by atoms with E-state index in [4.69, 9.17) is 0 Å². The van der Waals surface area contributed by atoms with Crippen LogP contribution >= 0.6 is 56.9 Å². The molecule has 0 spiro atoms. The molecule has 3 heteroatoms. The van der Waals surface area contributed by atoms with Gasteiger partial charge < -0.3 is 0 Å². The Bertz CT molecular complexity index is 578. The first-order valence-corrected chi connectivity index (χ1v) is 10.1. The average molecular weight is 522 g/mol. The molecule has 0 saturated carbocycles. The first-order chi connectivity index (χ1) is 9.88. The first-order valence-electron chi connectivity index (χ1n) is 7.15. The zero-order chi connectivity index (χ0) is 15.6. The van der Waals surface area contributed by atoms with Gasteiger partial charge in [0.1, 0.15) is 0 Å². The minimum Gasteiger partial charge on any atom is -0.0901 e. The highest BCUT2D eigenvalue weighted by Gasteiger charge is 2.09. The smallest absolute Gasteiger partial charge is 0.0165 e. The summed E-state index contributed by atoms with van der Waals surface area (Å²) >= 11 is 6.72. The molecule has 0 aromatic heterocycles. The predicted octanol–water partition coefficient (Wildman–Crippen LogP) is 7.29. The van der Waals surface area contributed by atoms with Crippen LogP contribution in [0.4, 0.5) is 0 Å². The van der Waals surface area contributed by atoms with Crippen molar-refractivity contribution in [1.29, 1.82) is 0 Å². The maximum atomic E-state index is 2.43. The molecule has 2 rings (SSSR count). The molecule has 0 nitrogen and oxygen atoms in total. The summed E-state index contributed by atoms with van der Waals surface area (Å²) in [5.74, 6) is 1.14. The SMILES string of the molecule is CC(C)c1cc(Sc2ccc(I)c(C(C)C)c2)ccc1I. The molecule has 112 valence electrons. The van der Waals surface area contributed by atoms with Crippen LogP contribution in [0, 0.1) is 7.14 Å². The van der Waals surface area contributed by atoms with Crippen LogP contribution in [0.5, 0.6) is 0 Å². The van der Waals surface area contributed by atoms with Crippen molar-refractivity contribution < 1.29 is 0 Å². The predicted molar refractivity (Wildman–Crippen MR) is 111 cm³/mol. The summed E-state index contributed by atoms with van der Waals surface area (Å²) < 4.78 is 2.72. The third-order valence-corrected chi connectivity index (χ3v) is 6.36. The monoisotopic (exact) mass is 522 g/mol. The molecule has 0 unspecified atom stereocenters. The summed E-state index contributed by atoms with van der Waals surface area (Å²) in [6, 6.07) is 13.6. The molecule has 0 fully saturated rings. The Hall–Kier alpha value is 0.250. The van der Waals surface area contributed by atoms with Gasteiger partial charge in [-0.15, -0.1) is 0 Å². The summed E-state index contributed by atoms with van der Waals surface area (Å²) in [5.41, 5.74) is 2.88. The molecule has 0 aliphatic carbocycles. The van der Waals surface area contributed by atoms with Crippen molar-refractivity contribution in [3.05, 3.63) is 54.7 Å². The second kappa shape index (κ2) is 7.68. The lowest BCUT2D eigenvalue weighted by Crippen LogP contribution is -1.93. The van der Waals surface area contributed by atoms with Gasteiger partial charge in [0.2, 0.25) is 0 Å². The van der Waals surface area contributed by atoms with Crippen molar-refractivity contribution in [2.24, 2.45) is 0 Å². The summed E-state index contributed by atoms with van der Waals surface area (Å²) in [6.45, 7) is 9.03.